The molecule has 0 amide bonds. The number of aryl methyl sites for hydroxylation is 1. The number of rotatable bonds is 5. The molecule has 1 atom stereocenters. The van der Waals surface area contributed by atoms with Gasteiger partial charge in [0.15, 0.2) is 11.6 Å². The second-order valence-electron chi connectivity index (χ2n) is 6.50. The third kappa shape index (κ3) is 2.87. The van der Waals surface area contributed by atoms with Crippen molar-refractivity contribution in [2.75, 3.05) is 13.2 Å². The Balaban J connectivity index is 1.72. The lowest BCUT2D eigenvalue weighted by Gasteiger charge is -2.06. The van der Waals surface area contributed by atoms with Gasteiger partial charge in [-0.1, -0.05) is 30.3 Å². The van der Waals surface area contributed by atoms with Gasteiger partial charge >= 0.3 is 0 Å². The highest BCUT2D eigenvalue weighted by Crippen LogP contribution is 2.27. The van der Waals surface area contributed by atoms with E-state index < -0.39 is 0 Å². The van der Waals surface area contributed by atoms with E-state index in [1.807, 2.05) is 22.9 Å². The zero-order valence-corrected chi connectivity index (χ0v) is 14.5. The Morgan fingerprint density at radius 3 is 3.00 bits per heavy atom. The van der Waals surface area contributed by atoms with Crippen LogP contribution >= 0.6 is 0 Å². The van der Waals surface area contributed by atoms with E-state index in [4.69, 9.17) is 9.26 Å². The summed E-state index contributed by atoms with van der Waals surface area (Å²) in [5.41, 5.74) is 3.00. The van der Waals surface area contributed by atoms with Crippen LogP contribution in [0, 0.1) is 0 Å². The number of hydrogen-bond donors (Lipinski definition) is 0. The number of hydrogen-bond acceptors (Lipinski definition) is 5. The summed E-state index contributed by atoms with van der Waals surface area (Å²) in [6, 6.07) is 6.09. The van der Waals surface area contributed by atoms with Gasteiger partial charge in [0.25, 0.3) is 0 Å². The Morgan fingerprint density at radius 2 is 2.28 bits per heavy atom. The summed E-state index contributed by atoms with van der Waals surface area (Å²) >= 11 is 0. The van der Waals surface area contributed by atoms with Crippen LogP contribution in [-0.4, -0.2) is 33.7 Å². The van der Waals surface area contributed by atoms with Crippen molar-refractivity contribution in [1.29, 1.82) is 0 Å². The van der Waals surface area contributed by atoms with Gasteiger partial charge < -0.3 is 13.8 Å². The molecule has 3 heterocycles. The zero-order valence-electron chi connectivity index (χ0n) is 14.5. The fraction of sp³-hybridized carbons (Fsp3) is 0.421. The third-order valence-corrected chi connectivity index (χ3v) is 4.83. The fourth-order valence-electron chi connectivity index (χ4n) is 3.51. The number of para-hydroxylation sites is 1. The van der Waals surface area contributed by atoms with Crippen molar-refractivity contribution in [2.24, 2.45) is 0 Å². The molecule has 0 saturated carbocycles. The number of aromatic nitrogens is 3. The molecular weight excluding hydrogens is 318 g/mol. The quantitative estimate of drug-likeness (QED) is 0.667. The first kappa shape index (κ1) is 16.0. The summed E-state index contributed by atoms with van der Waals surface area (Å²) in [6.07, 6.45) is 3.72. The summed E-state index contributed by atoms with van der Waals surface area (Å²) in [4.78, 5) is 16.6. The van der Waals surface area contributed by atoms with Crippen molar-refractivity contribution >= 4 is 16.7 Å². The molecule has 1 fully saturated rings. The Bertz CT molecular complexity index is 919. The summed E-state index contributed by atoms with van der Waals surface area (Å²) < 4.78 is 12.9. The number of benzene rings is 1. The van der Waals surface area contributed by atoms with Gasteiger partial charge in [0.2, 0.25) is 5.89 Å². The molecular formula is C19H21N3O3. The van der Waals surface area contributed by atoms with Crippen LogP contribution in [0.5, 0.6) is 0 Å². The predicted molar refractivity (Wildman–Crippen MR) is 92.9 cm³/mol. The van der Waals surface area contributed by atoms with Crippen LogP contribution in [0.15, 0.2) is 28.9 Å². The number of ketones is 1. The van der Waals surface area contributed by atoms with E-state index in [0.717, 1.165) is 35.9 Å². The lowest BCUT2D eigenvalue weighted by atomic mass is 10.1. The van der Waals surface area contributed by atoms with Crippen molar-refractivity contribution in [3.05, 3.63) is 47.2 Å². The van der Waals surface area contributed by atoms with Crippen LogP contribution in [0.3, 0.4) is 0 Å². The van der Waals surface area contributed by atoms with Gasteiger partial charge in [-0.25, -0.2) is 0 Å². The SMILES string of the molecule is CCc1cccc2c(C(C)=O)cn(Cc3nc([C@@H]4CCOC4)no3)c12. The van der Waals surface area contributed by atoms with Crippen LogP contribution in [0.4, 0.5) is 0 Å². The maximum Gasteiger partial charge on any atom is 0.246 e. The minimum atomic E-state index is 0.0614. The molecule has 130 valence electrons. The molecule has 0 spiro atoms. The van der Waals surface area contributed by atoms with Crippen LogP contribution in [0.2, 0.25) is 0 Å². The number of carbonyl (C=O) groups excluding carboxylic acids is 1. The van der Waals surface area contributed by atoms with E-state index >= 15 is 0 Å². The third-order valence-electron chi connectivity index (χ3n) is 4.83. The highest BCUT2D eigenvalue weighted by Gasteiger charge is 2.23. The minimum absolute atomic E-state index is 0.0614. The van der Waals surface area contributed by atoms with Crippen molar-refractivity contribution in [3.63, 3.8) is 0 Å². The molecule has 6 heteroatoms. The minimum Gasteiger partial charge on any atom is -0.381 e. The summed E-state index contributed by atoms with van der Waals surface area (Å²) in [5.74, 6) is 1.55. The lowest BCUT2D eigenvalue weighted by molar-refractivity contribution is 0.101. The molecule has 4 rings (SSSR count). The highest BCUT2D eigenvalue weighted by atomic mass is 16.5. The van der Waals surface area contributed by atoms with Crippen LogP contribution in [0.1, 0.15) is 53.8 Å². The van der Waals surface area contributed by atoms with E-state index in [1.165, 1.54) is 5.56 Å². The number of ether oxygens (including phenoxy) is 1. The van der Waals surface area contributed by atoms with Gasteiger partial charge in [-0.05, 0) is 25.3 Å². The Labute approximate surface area is 145 Å². The van der Waals surface area contributed by atoms with E-state index in [1.54, 1.807) is 6.92 Å². The number of fused-ring (bicyclic) bond motifs is 1. The first-order chi connectivity index (χ1) is 12.2. The van der Waals surface area contributed by atoms with Crippen molar-refractivity contribution in [2.45, 2.75) is 39.2 Å². The van der Waals surface area contributed by atoms with Crippen LogP contribution in [-0.2, 0) is 17.7 Å². The van der Waals surface area contributed by atoms with Crippen LogP contribution < -0.4 is 0 Å². The Morgan fingerprint density at radius 1 is 1.40 bits per heavy atom. The number of Topliss-reactive ketones (excluding diaryl/α,β-unsaturated/α-hetero) is 1. The Kier molecular flexibility index (Phi) is 4.13. The standard InChI is InChI=1S/C19H21N3O3/c1-3-13-5-4-6-15-16(12(2)23)9-22(18(13)15)10-17-20-19(21-25-17)14-7-8-24-11-14/h4-6,9,14H,3,7-8,10-11H2,1-2H3/t14-/m1/s1. The molecule has 1 aromatic carbocycles. The molecule has 0 bridgehead atoms. The molecule has 1 saturated heterocycles. The van der Waals surface area contributed by atoms with E-state index in [-0.39, 0.29) is 11.7 Å². The molecule has 3 aromatic rings. The zero-order chi connectivity index (χ0) is 17.4. The summed E-state index contributed by atoms with van der Waals surface area (Å²) in [7, 11) is 0. The molecule has 2 aromatic heterocycles. The molecule has 6 nitrogen and oxygen atoms in total. The molecule has 0 N–H and O–H groups in total. The fourth-order valence-corrected chi connectivity index (χ4v) is 3.51. The summed E-state index contributed by atoms with van der Waals surface area (Å²) in [5, 5.41) is 5.09. The smallest absolute Gasteiger partial charge is 0.246 e. The first-order valence-electron chi connectivity index (χ1n) is 8.69. The topological polar surface area (TPSA) is 70.2 Å². The van der Waals surface area contributed by atoms with Gasteiger partial charge in [0, 0.05) is 29.7 Å². The van der Waals surface area contributed by atoms with E-state index in [9.17, 15) is 4.79 Å². The van der Waals surface area contributed by atoms with Crippen molar-refractivity contribution < 1.29 is 14.1 Å². The average Bonchev–Trinajstić information content (AvgIpc) is 3.34. The summed E-state index contributed by atoms with van der Waals surface area (Å²) in [6.45, 7) is 5.58. The second-order valence-corrected chi connectivity index (χ2v) is 6.50. The molecule has 1 aliphatic heterocycles. The van der Waals surface area contributed by atoms with Gasteiger partial charge in [-0.2, -0.15) is 4.98 Å². The molecule has 1 aliphatic rings. The van der Waals surface area contributed by atoms with Gasteiger partial charge in [-0.15, -0.1) is 0 Å². The van der Waals surface area contributed by atoms with Crippen molar-refractivity contribution in [1.82, 2.24) is 14.7 Å². The predicted octanol–water partition coefficient (Wildman–Crippen LogP) is 3.34. The van der Waals surface area contributed by atoms with Crippen LogP contribution in [0.25, 0.3) is 10.9 Å². The molecule has 25 heavy (non-hydrogen) atoms. The van der Waals surface area contributed by atoms with E-state index in [0.29, 0.717) is 24.9 Å². The maximum absolute atomic E-state index is 12.0. The van der Waals surface area contributed by atoms with E-state index in [2.05, 4.69) is 23.1 Å². The monoisotopic (exact) mass is 339 g/mol. The van der Waals surface area contributed by atoms with Gasteiger partial charge in [0.1, 0.15) is 6.54 Å². The Hall–Kier alpha value is -2.47. The molecule has 0 unspecified atom stereocenters. The second kappa shape index (κ2) is 6.44. The molecule has 0 radical (unpaired) electrons. The van der Waals surface area contributed by atoms with Gasteiger partial charge in [-0.3, -0.25) is 4.79 Å². The lowest BCUT2D eigenvalue weighted by Crippen LogP contribution is -2.03. The largest absolute Gasteiger partial charge is 0.381 e. The normalized spacial score (nSPS) is 17.4. The highest BCUT2D eigenvalue weighted by molar-refractivity contribution is 6.07. The maximum atomic E-state index is 12.0. The van der Waals surface area contributed by atoms with Crippen molar-refractivity contribution in [3.8, 4) is 0 Å². The van der Waals surface area contributed by atoms with Gasteiger partial charge in [0.05, 0.1) is 12.1 Å². The molecule has 0 aliphatic carbocycles. The first-order valence-corrected chi connectivity index (χ1v) is 8.69. The number of nitrogens with zero attached hydrogens (tertiary/aromatic N) is 3. The average molecular weight is 339 g/mol. The number of carbonyl (C=O) groups is 1.